The topological polar surface area (TPSA) is 68.5 Å². The maximum atomic E-state index is 4.80. The third kappa shape index (κ3) is 3.44. The van der Waals surface area contributed by atoms with E-state index in [1.807, 2.05) is 35.4 Å². The van der Waals surface area contributed by atoms with Crippen LogP contribution in [-0.2, 0) is 19.5 Å². The lowest BCUT2D eigenvalue weighted by atomic mass is 9.92. The molecule has 0 bridgehead atoms. The summed E-state index contributed by atoms with van der Waals surface area (Å²) >= 11 is 0. The second-order valence-corrected chi connectivity index (χ2v) is 6.37. The monoisotopic (exact) mass is 334 g/mol. The van der Waals surface area contributed by atoms with Crippen molar-refractivity contribution in [1.82, 2.24) is 30.0 Å². The van der Waals surface area contributed by atoms with Gasteiger partial charge in [-0.1, -0.05) is 0 Å². The largest absolute Gasteiger partial charge is 0.306 e. The molecule has 0 aliphatic heterocycles. The van der Waals surface area contributed by atoms with Crippen LogP contribution in [0.4, 0.5) is 0 Å². The summed E-state index contributed by atoms with van der Waals surface area (Å²) in [6.07, 6.45) is 12.9. The van der Waals surface area contributed by atoms with Crippen molar-refractivity contribution in [3.63, 3.8) is 0 Å². The van der Waals surface area contributed by atoms with E-state index in [9.17, 15) is 0 Å². The maximum Gasteiger partial charge on any atom is 0.160 e. The molecular weight excluding hydrogens is 312 g/mol. The molecule has 0 aromatic carbocycles. The molecule has 3 aromatic rings. The molecule has 0 unspecified atom stereocenters. The van der Waals surface area contributed by atoms with E-state index in [0.717, 1.165) is 49.4 Å². The zero-order valence-corrected chi connectivity index (χ0v) is 14.4. The number of aryl methyl sites for hydroxylation is 2. The van der Waals surface area contributed by atoms with E-state index >= 15 is 0 Å². The lowest BCUT2D eigenvalue weighted by Crippen LogP contribution is -2.25. The predicted octanol–water partition coefficient (Wildman–Crippen LogP) is 2.92. The average molecular weight is 334 g/mol. The minimum absolute atomic E-state index is 0.302. The number of pyridine rings is 1. The van der Waals surface area contributed by atoms with Gasteiger partial charge in [0.25, 0.3) is 0 Å². The van der Waals surface area contributed by atoms with Gasteiger partial charge >= 0.3 is 0 Å². The fraction of sp³-hybridized carbons (Fsp3) is 0.368. The second-order valence-electron chi connectivity index (χ2n) is 6.37. The summed E-state index contributed by atoms with van der Waals surface area (Å²) in [7, 11) is 0. The summed E-state index contributed by atoms with van der Waals surface area (Å²) < 4.78 is 1.95. The summed E-state index contributed by atoms with van der Waals surface area (Å²) in [5.74, 6) is 0.761. The fourth-order valence-electron chi connectivity index (χ4n) is 3.30. The van der Waals surface area contributed by atoms with Crippen LogP contribution in [0.25, 0.3) is 11.4 Å². The smallest absolute Gasteiger partial charge is 0.160 e. The predicted molar refractivity (Wildman–Crippen MR) is 95.7 cm³/mol. The Balaban J connectivity index is 1.51. The Hall–Kier alpha value is -2.60. The number of aromatic nitrogens is 5. The molecule has 0 saturated heterocycles. The summed E-state index contributed by atoms with van der Waals surface area (Å²) in [5.41, 5.74) is 4.55. The van der Waals surface area contributed by atoms with Crippen molar-refractivity contribution in [3.05, 3.63) is 59.9 Å². The van der Waals surface area contributed by atoms with Crippen LogP contribution in [0.15, 0.2) is 43.1 Å². The Bertz CT molecular complexity index is 842. The minimum atomic E-state index is 0.302. The van der Waals surface area contributed by atoms with Crippen LogP contribution < -0.4 is 5.32 Å². The molecule has 1 aliphatic carbocycles. The van der Waals surface area contributed by atoms with Crippen LogP contribution in [0.5, 0.6) is 0 Å². The third-order valence-corrected chi connectivity index (χ3v) is 4.66. The molecule has 0 fully saturated rings. The van der Waals surface area contributed by atoms with Crippen molar-refractivity contribution < 1.29 is 0 Å². The van der Waals surface area contributed by atoms with Crippen molar-refractivity contribution >= 4 is 0 Å². The quantitative estimate of drug-likeness (QED) is 0.777. The van der Waals surface area contributed by atoms with Gasteiger partial charge < -0.3 is 5.32 Å². The van der Waals surface area contributed by atoms with Gasteiger partial charge in [-0.15, -0.1) is 0 Å². The molecule has 0 spiro atoms. The Kier molecular flexibility index (Phi) is 4.52. The summed E-state index contributed by atoms with van der Waals surface area (Å²) in [6, 6.07) is 4.22. The van der Waals surface area contributed by atoms with Gasteiger partial charge in [0.15, 0.2) is 5.82 Å². The highest BCUT2D eigenvalue weighted by Crippen LogP contribution is 2.29. The fourth-order valence-corrected chi connectivity index (χ4v) is 3.30. The number of rotatable bonds is 5. The van der Waals surface area contributed by atoms with Crippen LogP contribution in [0.3, 0.4) is 0 Å². The molecule has 1 N–H and O–H groups in total. The van der Waals surface area contributed by atoms with Gasteiger partial charge in [0, 0.05) is 66.3 Å². The first-order valence-corrected chi connectivity index (χ1v) is 8.84. The minimum Gasteiger partial charge on any atom is -0.306 e. The Morgan fingerprint density at radius 3 is 3.04 bits per heavy atom. The lowest BCUT2D eigenvalue weighted by Gasteiger charge is -2.25. The van der Waals surface area contributed by atoms with E-state index in [2.05, 4.69) is 33.5 Å². The van der Waals surface area contributed by atoms with Crippen molar-refractivity contribution in [1.29, 1.82) is 0 Å². The number of nitrogens with one attached hydrogen (secondary N) is 1. The maximum absolute atomic E-state index is 4.80. The van der Waals surface area contributed by atoms with E-state index in [0.29, 0.717) is 6.04 Å². The molecule has 128 valence electrons. The highest BCUT2D eigenvalue weighted by molar-refractivity contribution is 5.53. The van der Waals surface area contributed by atoms with E-state index in [1.54, 1.807) is 6.20 Å². The van der Waals surface area contributed by atoms with Crippen LogP contribution in [-0.4, -0.2) is 24.7 Å². The molecule has 1 atom stereocenters. The van der Waals surface area contributed by atoms with Crippen molar-refractivity contribution in [3.8, 4) is 11.4 Å². The standard InChI is InChI=1S/C19H22N6/c1-2-25-13-14(10-23-25)9-21-17-6-3-7-18-16(17)12-22-19(24-18)15-5-4-8-20-11-15/h4-5,8,10-13,17,21H,2-3,6-7,9H2,1H3/t17-/m0/s1. The van der Waals surface area contributed by atoms with Gasteiger partial charge in [-0.05, 0) is 38.3 Å². The molecule has 1 aliphatic rings. The van der Waals surface area contributed by atoms with Gasteiger partial charge in [0.05, 0.1) is 6.20 Å². The highest BCUT2D eigenvalue weighted by atomic mass is 15.3. The van der Waals surface area contributed by atoms with Crippen molar-refractivity contribution in [2.24, 2.45) is 0 Å². The van der Waals surface area contributed by atoms with Crippen molar-refractivity contribution in [2.45, 2.75) is 45.3 Å². The first kappa shape index (κ1) is 15.9. The lowest BCUT2D eigenvalue weighted by molar-refractivity contribution is 0.452. The normalized spacial score (nSPS) is 16.6. The molecular formula is C19H22N6. The molecule has 3 heterocycles. The molecule has 0 amide bonds. The first-order valence-electron chi connectivity index (χ1n) is 8.84. The number of nitrogens with zero attached hydrogens (tertiary/aromatic N) is 5. The van der Waals surface area contributed by atoms with Crippen molar-refractivity contribution in [2.75, 3.05) is 0 Å². The molecule has 25 heavy (non-hydrogen) atoms. The van der Waals surface area contributed by atoms with Gasteiger partial charge in [-0.2, -0.15) is 5.10 Å². The Morgan fingerprint density at radius 2 is 2.24 bits per heavy atom. The zero-order chi connectivity index (χ0) is 17.1. The van der Waals surface area contributed by atoms with Gasteiger partial charge in [0.1, 0.15) is 0 Å². The molecule has 6 nitrogen and oxygen atoms in total. The van der Waals surface area contributed by atoms with E-state index in [4.69, 9.17) is 4.98 Å². The highest BCUT2D eigenvalue weighted by Gasteiger charge is 2.22. The Labute approximate surface area is 147 Å². The van der Waals surface area contributed by atoms with E-state index < -0.39 is 0 Å². The first-order chi connectivity index (χ1) is 12.3. The van der Waals surface area contributed by atoms with Crippen LogP contribution >= 0.6 is 0 Å². The number of hydrogen-bond donors (Lipinski definition) is 1. The van der Waals surface area contributed by atoms with Crippen LogP contribution in [0.2, 0.25) is 0 Å². The SMILES string of the molecule is CCn1cc(CN[C@H]2CCCc3nc(-c4cccnc4)ncc32)cn1. The summed E-state index contributed by atoms with van der Waals surface area (Å²) in [4.78, 5) is 13.5. The molecule has 3 aromatic heterocycles. The second kappa shape index (κ2) is 7.11. The number of hydrogen-bond acceptors (Lipinski definition) is 5. The van der Waals surface area contributed by atoms with E-state index in [-0.39, 0.29) is 0 Å². The van der Waals surface area contributed by atoms with Crippen LogP contribution in [0, 0.1) is 0 Å². The molecule has 6 heteroatoms. The van der Waals surface area contributed by atoms with Gasteiger partial charge in [-0.3, -0.25) is 9.67 Å². The summed E-state index contributed by atoms with van der Waals surface area (Å²) in [5, 5.41) is 7.98. The molecule has 0 saturated carbocycles. The third-order valence-electron chi connectivity index (χ3n) is 4.66. The summed E-state index contributed by atoms with van der Waals surface area (Å²) in [6.45, 7) is 3.81. The van der Waals surface area contributed by atoms with Gasteiger partial charge in [-0.25, -0.2) is 9.97 Å². The zero-order valence-electron chi connectivity index (χ0n) is 14.4. The van der Waals surface area contributed by atoms with Crippen LogP contribution in [0.1, 0.15) is 42.6 Å². The van der Waals surface area contributed by atoms with E-state index in [1.165, 1.54) is 11.1 Å². The molecule has 4 rings (SSSR count). The average Bonchev–Trinajstić information content (AvgIpc) is 3.14. The number of fused-ring (bicyclic) bond motifs is 1. The molecule has 0 radical (unpaired) electrons. The Morgan fingerprint density at radius 1 is 1.28 bits per heavy atom. The van der Waals surface area contributed by atoms with Gasteiger partial charge in [0.2, 0.25) is 0 Å².